The number of carbonyl (C=O) groups excluding carboxylic acids is 1. The molecule has 3 aromatic rings. The Morgan fingerprint density at radius 3 is 1.57 bits per heavy atom. The van der Waals surface area contributed by atoms with Gasteiger partial charge in [0.2, 0.25) is 0 Å². The molecule has 2 atom stereocenters. The van der Waals surface area contributed by atoms with E-state index in [4.69, 9.17) is 32.5 Å². The summed E-state index contributed by atoms with van der Waals surface area (Å²) in [5.74, 6) is 1.02. The molecule has 2 aliphatic heterocycles. The molecule has 0 fully saturated rings. The van der Waals surface area contributed by atoms with Crippen LogP contribution >= 0.6 is 0 Å². The van der Waals surface area contributed by atoms with Gasteiger partial charge < -0.3 is 37.6 Å². The Bertz CT molecular complexity index is 1740. The maximum atomic E-state index is 12.6. The van der Waals surface area contributed by atoms with E-state index < -0.39 is 22.6 Å². The summed E-state index contributed by atoms with van der Waals surface area (Å²) < 4.78 is 41.7. The lowest BCUT2D eigenvalue weighted by molar-refractivity contribution is 0.0444. The number of carboxylic acids is 1. The Kier molecular flexibility index (Phi) is 13.2. The Morgan fingerprint density at radius 1 is 0.698 bits per heavy atom. The quantitative estimate of drug-likeness (QED) is 0.158. The molecule has 0 bridgehead atoms. The lowest BCUT2D eigenvalue weighted by Crippen LogP contribution is -2.45. The van der Waals surface area contributed by atoms with E-state index in [1.165, 1.54) is 0 Å². The van der Waals surface area contributed by atoms with Crippen LogP contribution in [0.25, 0.3) is 0 Å². The number of carbonyl (C=O) groups is 2. The number of fused-ring (bicyclic) bond motifs is 2. The van der Waals surface area contributed by atoms with E-state index in [2.05, 4.69) is 67.7 Å². The molecule has 2 heterocycles. The predicted octanol–water partition coefficient (Wildman–Crippen LogP) is 9.37. The average Bonchev–Trinajstić information content (AvgIpc) is 3.09. The number of esters is 1. The van der Waals surface area contributed by atoms with Crippen LogP contribution in [0.15, 0.2) is 54.6 Å². The Labute approximate surface area is 317 Å². The summed E-state index contributed by atoms with van der Waals surface area (Å²) in [4.78, 5) is 23.9. The fraction of sp³-hybridized carbons (Fsp3) is 0.512. The first-order chi connectivity index (χ1) is 24.6. The number of benzene rings is 3. The summed E-state index contributed by atoms with van der Waals surface area (Å²) in [6.07, 6.45) is -0.430. The molecular formula is C41H58O10Si2. The average molecular weight is 767 g/mol. The van der Waals surface area contributed by atoms with Crippen molar-refractivity contribution in [3.8, 4) is 23.0 Å². The summed E-state index contributed by atoms with van der Waals surface area (Å²) in [6, 6.07) is 16.3. The highest BCUT2D eigenvalue weighted by molar-refractivity contribution is 6.74. The van der Waals surface area contributed by atoms with Crippen molar-refractivity contribution >= 4 is 28.6 Å². The van der Waals surface area contributed by atoms with Crippen LogP contribution in [0.1, 0.15) is 78.9 Å². The van der Waals surface area contributed by atoms with E-state index in [0.717, 1.165) is 11.1 Å². The SMILES string of the molecule is Cc1c(C(=O)O)ccc2c1O[C@@H](CO[Si](C)(C)C(C)(C)C)CO2.Cc1c(C(=O)OCc2ccccc2)ccc2c1O[C@@H](CO[Si](C)(C)C(C)(C)C)CO2. The molecule has 0 saturated heterocycles. The molecule has 290 valence electrons. The molecule has 3 aromatic carbocycles. The Balaban J connectivity index is 0.000000245. The van der Waals surface area contributed by atoms with Crippen molar-refractivity contribution in [2.75, 3.05) is 26.4 Å². The highest BCUT2D eigenvalue weighted by Gasteiger charge is 2.40. The molecule has 12 heteroatoms. The first kappa shape index (κ1) is 41.9. The van der Waals surface area contributed by atoms with Gasteiger partial charge in [0.1, 0.15) is 19.8 Å². The van der Waals surface area contributed by atoms with E-state index in [9.17, 15) is 14.7 Å². The number of ether oxygens (including phenoxy) is 5. The highest BCUT2D eigenvalue weighted by Crippen LogP contribution is 2.41. The molecule has 1 N–H and O–H groups in total. The highest BCUT2D eigenvalue weighted by atomic mass is 28.4. The molecule has 10 nitrogen and oxygen atoms in total. The van der Waals surface area contributed by atoms with Gasteiger partial charge in [0.25, 0.3) is 0 Å². The van der Waals surface area contributed by atoms with Crippen LogP contribution in [0.4, 0.5) is 0 Å². The van der Waals surface area contributed by atoms with E-state index in [1.807, 2.05) is 37.3 Å². The molecule has 2 aliphatic rings. The van der Waals surface area contributed by atoms with Gasteiger partial charge in [-0.1, -0.05) is 71.9 Å². The van der Waals surface area contributed by atoms with Gasteiger partial charge >= 0.3 is 11.9 Å². The van der Waals surface area contributed by atoms with Crippen molar-refractivity contribution < 1.29 is 47.2 Å². The predicted molar refractivity (Wildman–Crippen MR) is 211 cm³/mol. The normalized spacial score (nSPS) is 17.0. The van der Waals surface area contributed by atoms with Gasteiger partial charge in [-0.2, -0.15) is 0 Å². The summed E-state index contributed by atoms with van der Waals surface area (Å²) in [5, 5.41) is 9.48. The van der Waals surface area contributed by atoms with E-state index in [1.54, 1.807) is 31.2 Å². The topological polar surface area (TPSA) is 119 Å². The van der Waals surface area contributed by atoms with Crippen molar-refractivity contribution in [2.45, 2.75) is 110 Å². The minimum Gasteiger partial charge on any atom is -0.486 e. The van der Waals surface area contributed by atoms with Crippen LogP contribution in [-0.4, -0.2) is 72.3 Å². The molecule has 0 aliphatic carbocycles. The second-order valence-electron chi connectivity index (χ2n) is 16.7. The lowest BCUT2D eigenvalue weighted by Gasteiger charge is -2.38. The van der Waals surface area contributed by atoms with Crippen LogP contribution in [-0.2, 0) is 20.2 Å². The first-order valence-corrected chi connectivity index (χ1v) is 24.0. The standard InChI is InChI=1S/C24H32O5Si.C17H26O5Si/c1-17-20(23(25)27-14-18-10-8-7-9-11-18)12-13-21-22(17)29-19(15-26-21)16-28-30(5,6)24(2,3)4;1-11-13(16(18)19)7-8-14-15(11)22-12(9-20-14)10-21-23(5,6)17(2,3)4/h7-13,19H,14-16H2,1-6H3;7-8,12H,9-10H2,1-6H3,(H,18,19)/t19-;12-/m11/s1. The number of hydrogen-bond donors (Lipinski definition) is 1. The lowest BCUT2D eigenvalue weighted by atomic mass is 10.1. The van der Waals surface area contributed by atoms with Gasteiger partial charge in [-0.25, -0.2) is 9.59 Å². The van der Waals surface area contributed by atoms with E-state index in [0.29, 0.717) is 60.6 Å². The molecule has 0 amide bonds. The summed E-state index contributed by atoms with van der Waals surface area (Å²) in [5.41, 5.74) is 2.98. The van der Waals surface area contributed by atoms with Gasteiger partial charge in [0, 0.05) is 11.1 Å². The Morgan fingerprint density at radius 2 is 1.13 bits per heavy atom. The molecule has 0 radical (unpaired) electrons. The fourth-order valence-electron chi connectivity index (χ4n) is 5.07. The zero-order chi connectivity index (χ0) is 39.4. The molecular weight excluding hydrogens is 709 g/mol. The molecule has 0 unspecified atom stereocenters. The van der Waals surface area contributed by atoms with Gasteiger partial charge in [0.15, 0.2) is 51.8 Å². The molecule has 0 saturated carbocycles. The van der Waals surface area contributed by atoms with Crippen molar-refractivity contribution in [1.29, 1.82) is 0 Å². The second kappa shape index (κ2) is 16.7. The minimum absolute atomic E-state index is 0.131. The number of rotatable bonds is 10. The monoisotopic (exact) mass is 766 g/mol. The number of aromatic carboxylic acids is 1. The van der Waals surface area contributed by atoms with Gasteiger partial charge in [-0.05, 0) is 79.9 Å². The van der Waals surface area contributed by atoms with Crippen LogP contribution in [0.2, 0.25) is 36.3 Å². The number of hydrogen-bond acceptors (Lipinski definition) is 9. The van der Waals surface area contributed by atoms with Gasteiger partial charge in [-0.15, -0.1) is 0 Å². The zero-order valence-corrected chi connectivity index (χ0v) is 35.5. The van der Waals surface area contributed by atoms with Crippen LogP contribution in [0.3, 0.4) is 0 Å². The van der Waals surface area contributed by atoms with Crippen molar-refractivity contribution in [1.82, 2.24) is 0 Å². The summed E-state index contributed by atoms with van der Waals surface area (Å²) in [6.45, 7) is 27.6. The second-order valence-corrected chi connectivity index (χ2v) is 26.4. The van der Waals surface area contributed by atoms with Crippen molar-refractivity contribution in [3.05, 3.63) is 82.4 Å². The third kappa shape index (κ3) is 10.4. The first-order valence-electron chi connectivity index (χ1n) is 18.2. The van der Waals surface area contributed by atoms with Crippen LogP contribution in [0.5, 0.6) is 23.0 Å². The van der Waals surface area contributed by atoms with Crippen LogP contribution in [0, 0.1) is 13.8 Å². The summed E-state index contributed by atoms with van der Waals surface area (Å²) in [7, 11) is -3.73. The molecule has 53 heavy (non-hydrogen) atoms. The van der Waals surface area contributed by atoms with E-state index >= 15 is 0 Å². The fourth-order valence-corrected chi connectivity index (χ4v) is 7.15. The molecule has 0 spiro atoms. The maximum absolute atomic E-state index is 12.6. The number of carboxylic acid groups (broad SMARTS) is 1. The van der Waals surface area contributed by atoms with Crippen molar-refractivity contribution in [2.24, 2.45) is 0 Å². The van der Waals surface area contributed by atoms with Gasteiger partial charge in [0.05, 0.1) is 24.3 Å². The molecule has 5 rings (SSSR count). The van der Waals surface area contributed by atoms with Crippen LogP contribution < -0.4 is 18.9 Å². The smallest absolute Gasteiger partial charge is 0.338 e. The minimum atomic E-state index is -1.88. The molecule has 0 aromatic heterocycles. The maximum Gasteiger partial charge on any atom is 0.338 e. The van der Waals surface area contributed by atoms with Gasteiger partial charge in [-0.3, -0.25) is 0 Å². The van der Waals surface area contributed by atoms with Crippen molar-refractivity contribution in [3.63, 3.8) is 0 Å². The third-order valence-electron chi connectivity index (χ3n) is 10.7. The zero-order valence-electron chi connectivity index (χ0n) is 33.5. The Hall–Kier alpha value is -3.85. The largest absolute Gasteiger partial charge is 0.486 e. The third-order valence-corrected chi connectivity index (χ3v) is 19.7. The summed E-state index contributed by atoms with van der Waals surface area (Å²) >= 11 is 0. The van der Waals surface area contributed by atoms with E-state index in [-0.39, 0.29) is 40.4 Å².